The fraction of sp³-hybridized carbons (Fsp3) is 0.550. The number of nitrogens with one attached hydrogen (secondary N) is 1. The number of nitrogens with zero attached hydrogens (tertiary/aromatic N) is 2. The highest BCUT2D eigenvalue weighted by atomic mass is 79.9. The predicted octanol–water partition coefficient (Wildman–Crippen LogP) is 2.42. The number of hydrogen-bond acceptors (Lipinski definition) is 4. The second kappa shape index (κ2) is 9.16. The molecule has 1 aliphatic heterocycles. The Labute approximate surface area is 180 Å². The van der Waals surface area contributed by atoms with Crippen LogP contribution in [0.15, 0.2) is 22.8 Å². The Balaban J connectivity index is 1.72. The van der Waals surface area contributed by atoms with Crippen LogP contribution in [0.5, 0.6) is 0 Å². The first-order valence-electron chi connectivity index (χ1n) is 9.87. The van der Waals surface area contributed by atoms with Gasteiger partial charge in [-0.2, -0.15) is 0 Å². The van der Waals surface area contributed by atoms with E-state index in [0.29, 0.717) is 19.5 Å². The fourth-order valence-corrected chi connectivity index (χ4v) is 6.12. The van der Waals surface area contributed by atoms with E-state index in [-0.39, 0.29) is 24.0 Å². The molecule has 3 rings (SSSR count). The molecule has 160 valence electrons. The van der Waals surface area contributed by atoms with Crippen molar-refractivity contribution in [1.29, 1.82) is 0 Å². The van der Waals surface area contributed by atoms with Crippen LogP contribution in [-0.2, 0) is 21.2 Å². The number of H-pyrrole nitrogens is 1. The van der Waals surface area contributed by atoms with Crippen LogP contribution in [0, 0.1) is 0 Å². The van der Waals surface area contributed by atoms with Crippen molar-refractivity contribution >= 4 is 42.8 Å². The van der Waals surface area contributed by atoms with Crippen LogP contribution in [0.4, 0.5) is 0 Å². The zero-order chi connectivity index (χ0) is 21.2. The van der Waals surface area contributed by atoms with Crippen LogP contribution in [0.2, 0.25) is 0 Å². The van der Waals surface area contributed by atoms with Crippen LogP contribution in [0.3, 0.4) is 0 Å². The number of halogens is 1. The van der Waals surface area contributed by atoms with Crippen LogP contribution in [0.1, 0.15) is 36.3 Å². The van der Waals surface area contributed by atoms with Crippen molar-refractivity contribution in [1.82, 2.24) is 14.2 Å². The molecule has 1 aromatic heterocycles. The highest BCUT2D eigenvalue weighted by Crippen LogP contribution is 2.36. The average molecular weight is 485 g/mol. The molecule has 0 aliphatic carbocycles. The summed E-state index contributed by atoms with van der Waals surface area (Å²) in [7, 11) is 0.701. The van der Waals surface area contributed by atoms with Gasteiger partial charge < -0.3 is 15.6 Å². The van der Waals surface area contributed by atoms with Gasteiger partial charge in [-0.3, -0.25) is 4.79 Å². The van der Waals surface area contributed by atoms with E-state index in [1.807, 2.05) is 31.3 Å². The SMILES string of the molecule is CN(C)CCCS(=O)(=O)N1CCC(c2c[nH]c3c(CC(N)=O)cc(Br)cc23)CC1. The number of benzene rings is 1. The number of nitrogens with two attached hydrogens (primary N) is 1. The largest absolute Gasteiger partial charge is 0.369 e. The molecule has 0 atom stereocenters. The molecule has 2 aromatic rings. The normalized spacial score (nSPS) is 16.7. The second-order valence-corrected chi connectivity index (χ2v) is 11.0. The van der Waals surface area contributed by atoms with Crippen LogP contribution in [0.25, 0.3) is 10.9 Å². The number of sulfonamides is 1. The average Bonchev–Trinajstić information content (AvgIpc) is 3.04. The Morgan fingerprint density at radius 3 is 2.62 bits per heavy atom. The number of primary amides is 1. The van der Waals surface area contributed by atoms with Gasteiger partial charge in [0.2, 0.25) is 15.9 Å². The minimum absolute atomic E-state index is 0.180. The third-order valence-electron chi connectivity index (χ3n) is 5.53. The van der Waals surface area contributed by atoms with Gasteiger partial charge in [0.25, 0.3) is 0 Å². The van der Waals surface area contributed by atoms with Crippen molar-refractivity contribution in [3.8, 4) is 0 Å². The number of aromatic amines is 1. The topological polar surface area (TPSA) is 99.5 Å². The predicted molar refractivity (Wildman–Crippen MR) is 119 cm³/mol. The van der Waals surface area contributed by atoms with Crippen molar-refractivity contribution in [2.45, 2.75) is 31.6 Å². The lowest BCUT2D eigenvalue weighted by Gasteiger charge is -2.31. The molecule has 7 nitrogen and oxygen atoms in total. The number of fused-ring (bicyclic) bond motifs is 1. The van der Waals surface area contributed by atoms with Crippen molar-refractivity contribution in [3.63, 3.8) is 0 Å². The zero-order valence-electron chi connectivity index (χ0n) is 16.9. The van der Waals surface area contributed by atoms with Gasteiger partial charge in [0.05, 0.1) is 12.2 Å². The molecule has 0 unspecified atom stereocenters. The van der Waals surface area contributed by atoms with Gasteiger partial charge in [0.15, 0.2) is 0 Å². The van der Waals surface area contributed by atoms with E-state index in [4.69, 9.17) is 5.73 Å². The maximum absolute atomic E-state index is 12.6. The Morgan fingerprint density at radius 2 is 2.00 bits per heavy atom. The third-order valence-corrected chi connectivity index (χ3v) is 7.94. The molecule has 1 amide bonds. The summed E-state index contributed by atoms with van der Waals surface area (Å²) in [6.45, 7) is 1.86. The molecule has 1 fully saturated rings. The molecular formula is C20H29BrN4O3S. The highest BCUT2D eigenvalue weighted by Gasteiger charge is 2.29. The standard InChI is InChI=1S/C20H29BrN4O3S/c1-24(2)6-3-9-29(27,28)25-7-4-14(5-8-25)18-13-23-20-15(11-19(22)26)10-16(21)12-17(18)20/h10,12-14,23H,3-9,11H2,1-2H3,(H2,22,26). The van der Waals surface area contributed by atoms with Crippen LogP contribution < -0.4 is 5.73 Å². The number of hydrogen-bond donors (Lipinski definition) is 2. The number of aromatic nitrogens is 1. The summed E-state index contributed by atoms with van der Waals surface area (Å²) < 4.78 is 27.8. The lowest BCUT2D eigenvalue weighted by Crippen LogP contribution is -2.39. The summed E-state index contributed by atoms with van der Waals surface area (Å²) in [5.74, 6) is 0.118. The quantitative estimate of drug-likeness (QED) is 0.600. The van der Waals surface area contributed by atoms with E-state index in [9.17, 15) is 13.2 Å². The summed E-state index contributed by atoms with van der Waals surface area (Å²) in [6.07, 6.45) is 4.40. The van der Waals surface area contributed by atoms with Crippen molar-refractivity contribution in [3.05, 3.63) is 33.9 Å². The van der Waals surface area contributed by atoms with E-state index in [2.05, 4.69) is 27.0 Å². The fourth-order valence-electron chi connectivity index (χ4n) is 4.09. The first-order valence-corrected chi connectivity index (χ1v) is 12.3. The maximum Gasteiger partial charge on any atom is 0.221 e. The maximum atomic E-state index is 12.6. The van der Waals surface area contributed by atoms with E-state index < -0.39 is 10.0 Å². The van der Waals surface area contributed by atoms with Crippen LogP contribution in [-0.4, -0.2) is 68.0 Å². The molecule has 0 spiro atoms. The summed E-state index contributed by atoms with van der Waals surface area (Å²) in [5.41, 5.74) is 8.37. The van der Waals surface area contributed by atoms with E-state index in [0.717, 1.165) is 40.3 Å². The molecule has 0 saturated carbocycles. The minimum Gasteiger partial charge on any atom is -0.369 e. The smallest absolute Gasteiger partial charge is 0.221 e. The molecule has 3 N–H and O–H groups in total. The monoisotopic (exact) mass is 484 g/mol. The lowest BCUT2D eigenvalue weighted by molar-refractivity contribution is -0.117. The Hall–Kier alpha value is -1.42. The van der Waals surface area contributed by atoms with Gasteiger partial charge in [-0.25, -0.2) is 12.7 Å². The number of piperidine rings is 1. The Morgan fingerprint density at radius 1 is 1.31 bits per heavy atom. The van der Waals surface area contributed by atoms with Crippen molar-refractivity contribution in [2.24, 2.45) is 5.73 Å². The van der Waals surface area contributed by atoms with Gasteiger partial charge in [0.1, 0.15) is 0 Å². The molecule has 0 bridgehead atoms. The van der Waals surface area contributed by atoms with E-state index >= 15 is 0 Å². The summed E-state index contributed by atoms with van der Waals surface area (Å²) in [5, 5.41) is 1.07. The Bertz CT molecular complexity index is 979. The molecule has 1 aliphatic rings. The number of carbonyl (C=O) groups excluding carboxylic acids is 1. The van der Waals surface area contributed by atoms with Gasteiger partial charge in [-0.1, -0.05) is 15.9 Å². The third kappa shape index (κ3) is 5.39. The van der Waals surface area contributed by atoms with Gasteiger partial charge in [-0.15, -0.1) is 0 Å². The summed E-state index contributed by atoms with van der Waals surface area (Å²) >= 11 is 3.53. The zero-order valence-corrected chi connectivity index (χ0v) is 19.4. The van der Waals surface area contributed by atoms with Crippen LogP contribution >= 0.6 is 15.9 Å². The Kier molecular flexibility index (Phi) is 7.03. The molecule has 2 heterocycles. The molecular weight excluding hydrogens is 456 g/mol. The molecule has 1 saturated heterocycles. The summed E-state index contributed by atoms with van der Waals surface area (Å²) in [6, 6.07) is 3.96. The summed E-state index contributed by atoms with van der Waals surface area (Å²) in [4.78, 5) is 16.7. The molecule has 29 heavy (non-hydrogen) atoms. The van der Waals surface area contributed by atoms with Gasteiger partial charge in [0, 0.05) is 34.7 Å². The molecule has 1 aromatic carbocycles. The second-order valence-electron chi connectivity index (χ2n) is 8.02. The van der Waals surface area contributed by atoms with Crippen molar-refractivity contribution in [2.75, 3.05) is 39.5 Å². The van der Waals surface area contributed by atoms with Gasteiger partial charge >= 0.3 is 0 Å². The minimum atomic E-state index is -3.20. The van der Waals surface area contributed by atoms with E-state index in [1.54, 1.807) is 4.31 Å². The highest BCUT2D eigenvalue weighted by molar-refractivity contribution is 9.10. The van der Waals surface area contributed by atoms with E-state index in [1.165, 1.54) is 5.56 Å². The lowest BCUT2D eigenvalue weighted by atomic mass is 9.89. The number of amides is 1. The molecule has 0 radical (unpaired) electrons. The van der Waals surface area contributed by atoms with Gasteiger partial charge in [-0.05, 0) is 69.1 Å². The first-order chi connectivity index (χ1) is 13.7. The molecule has 9 heteroatoms. The first kappa shape index (κ1) is 22.3. The number of carbonyl (C=O) groups is 1. The number of rotatable bonds is 8. The van der Waals surface area contributed by atoms with Crippen molar-refractivity contribution < 1.29 is 13.2 Å².